The number of nitrogens with one attached hydrogen (secondary N) is 1. The van der Waals surface area contributed by atoms with Crippen LogP contribution in [-0.2, 0) is 13.0 Å². The third-order valence-corrected chi connectivity index (χ3v) is 5.03. The van der Waals surface area contributed by atoms with Gasteiger partial charge in [-0.05, 0) is 47.0 Å². The van der Waals surface area contributed by atoms with Crippen molar-refractivity contribution in [2.24, 2.45) is 0 Å². The second kappa shape index (κ2) is 7.36. The van der Waals surface area contributed by atoms with Gasteiger partial charge in [-0.1, -0.05) is 24.3 Å². The Morgan fingerprint density at radius 2 is 2.08 bits per heavy atom. The number of aliphatic hydroxyl groups excluding tert-OH is 1. The van der Waals surface area contributed by atoms with Crippen molar-refractivity contribution < 1.29 is 9.84 Å². The van der Waals surface area contributed by atoms with E-state index in [9.17, 15) is 0 Å². The SMILES string of the molecule is COc1ccc(-c2ccc3c(c2)cc2n3CCNCC2)c(/C=C\CO)c1. The monoisotopic (exact) mass is 348 g/mol. The van der Waals surface area contributed by atoms with E-state index < -0.39 is 0 Å². The van der Waals surface area contributed by atoms with E-state index in [1.54, 1.807) is 13.2 Å². The Kier molecular flexibility index (Phi) is 4.78. The maximum Gasteiger partial charge on any atom is 0.119 e. The molecule has 3 aromatic rings. The van der Waals surface area contributed by atoms with Crippen molar-refractivity contribution >= 4 is 17.0 Å². The Bertz CT molecular complexity index is 956. The molecule has 26 heavy (non-hydrogen) atoms. The zero-order valence-corrected chi connectivity index (χ0v) is 15.0. The number of methoxy groups -OCH3 is 1. The lowest BCUT2D eigenvalue weighted by molar-refractivity contribution is 0.343. The van der Waals surface area contributed by atoms with Gasteiger partial charge in [0.25, 0.3) is 0 Å². The number of hydrogen-bond acceptors (Lipinski definition) is 3. The highest BCUT2D eigenvalue weighted by Gasteiger charge is 2.13. The predicted molar refractivity (Wildman–Crippen MR) is 107 cm³/mol. The van der Waals surface area contributed by atoms with Crippen molar-refractivity contribution in [2.75, 3.05) is 26.8 Å². The van der Waals surface area contributed by atoms with E-state index in [0.29, 0.717) is 0 Å². The Morgan fingerprint density at radius 3 is 2.92 bits per heavy atom. The molecular weight excluding hydrogens is 324 g/mol. The summed E-state index contributed by atoms with van der Waals surface area (Å²) in [5.41, 5.74) is 6.06. The molecule has 0 bridgehead atoms. The molecule has 0 amide bonds. The van der Waals surface area contributed by atoms with E-state index in [4.69, 9.17) is 9.84 Å². The summed E-state index contributed by atoms with van der Waals surface area (Å²) in [6.07, 6.45) is 4.77. The third kappa shape index (κ3) is 3.14. The number of hydrogen-bond donors (Lipinski definition) is 2. The van der Waals surface area contributed by atoms with Gasteiger partial charge in [0, 0.05) is 42.7 Å². The summed E-state index contributed by atoms with van der Waals surface area (Å²) >= 11 is 0. The highest BCUT2D eigenvalue weighted by Crippen LogP contribution is 2.32. The first-order chi connectivity index (χ1) is 12.8. The van der Waals surface area contributed by atoms with Crippen LogP contribution >= 0.6 is 0 Å². The molecule has 1 aliphatic heterocycles. The van der Waals surface area contributed by atoms with E-state index in [1.807, 2.05) is 18.2 Å². The molecule has 1 aliphatic rings. The molecule has 0 fully saturated rings. The highest BCUT2D eigenvalue weighted by atomic mass is 16.5. The minimum absolute atomic E-state index is 0.0237. The molecule has 0 unspecified atom stereocenters. The molecular formula is C22H24N2O2. The van der Waals surface area contributed by atoms with Crippen LogP contribution in [0.3, 0.4) is 0 Å². The molecule has 0 saturated heterocycles. The Morgan fingerprint density at radius 1 is 1.15 bits per heavy atom. The molecule has 2 heterocycles. The number of benzene rings is 2. The number of fused-ring (bicyclic) bond motifs is 3. The van der Waals surface area contributed by atoms with Gasteiger partial charge in [0.05, 0.1) is 13.7 Å². The molecule has 4 heteroatoms. The predicted octanol–water partition coefficient (Wildman–Crippen LogP) is 3.47. The maximum atomic E-state index is 9.15. The van der Waals surface area contributed by atoms with Crippen LogP contribution < -0.4 is 10.1 Å². The summed E-state index contributed by atoms with van der Waals surface area (Å²) in [5.74, 6) is 0.815. The first-order valence-corrected chi connectivity index (χ1v) is 9.09. The Hall–Kier alpha value is -2.56. The van der Waals surface area contributed by atoms with Crippen molar-refractivity contribution in [1.29, 1.82) is 0 Å². The molecule has 0 atom stereocenters. The Balaban J connectivity index is 1.80. The fourth-order valence-corrected chi connectivity index (χ4v) is 3.75. The fraction of sp³-hybridized carbons (Fsp3) is 0.273. The van der Waals surface area contributed by atoms with Gasteiger partial charge in [-0.25, -0.2) is 0 Å². The first-order valence-electron chi connectivity index (χ1n) is 9.09. The van der Waals surface area contributed by atoms with Crippen LogP contribution in [0.1, 0.15) is 11.3 Å². The van der Waals surface area contributed by atoms with Crippen molar-refractivity contribution in [3.05, 3.63) is 59.8 Å². The lowest BCUT2D eigenvalue weighted by Gasteiger charge is -2.10. The first kappa shape index (κ1) is 16.9. The van der Waals surface area contributed by atoms with Crippen LogP contribution in [-0.4, -0.2) is 36.5 Å². The van der Waals surface area contributed by atoms with Crippen molar-refractivity contribution in [3.63, 3.8) is 0 Å². The lowest BCUT2D eigenvalue weighted by Crippen LogP contribution is -2.17. The van der Waals surface area contributed by atoms with E-state index >= 15 is 0 Å². The molecule has 2 N–H and O–H groups in total. The van der Waals surface area contributed by atoms with Crippen molar-refractivity contribution in [2.45, 2.75) is 13.0 Å². The molecule has 0 spiro atoms. The number of aliphatic hydroxyl groups is 1. The van der Waals surface area contributed by atoms with Crippen LogP contribution in [0.25, 0.3) is 28.1 Å². The van der Waals surface area contributed by atoms with Gasteiger partial charge in [-0.15, -0.1) is 0 Å². The van der Waals surface area contributed by atoms with E-state index in [0.717, 1.165) is 42.9 Å². The summed E-state index contributed by atoms with van der Waals surface area (Å²) in [7, 11) is 1.67. The molecule has 4 rings (SSSR count). The van der Waals surface area contributed by atoms with Gasteiger partial charge in [-0.3, -0.25) is 0 Å². The highest BCUT2D eigenvalue weighted by molar-refractivity contribution is 5.88. The second-order valence-electron chi connectivity index (χ2n) is 6.60. The van der Waals surface area contributed by atoms with Gasteiger partial charge in [0.1, 0.15) is 5.75 Å². The summed E-state index contributed by atoms with van der Waals surface area (Å²) in [6.45, 7) is 3.10. The lowest BCUT2D eigenvalue weighted by atomic mass is 9.98. The van der Waals surface area contributed by atoms with Gasteiger partial charge in [0.2, 0.25) is 0 Å². The van der Waals surface area contributed by atoms with Crippen molar-refractivity contribution in [3.8, 4) is 16.9 Å². The molecule has 0 saturated carbocycles. The van der Waals surface area contributed by atoms with Crippen LogP contribution in [0, 0.1) is 0 Å². The van der Waals surface area contributed by atoms with Gasteiger partial charge in [0.15, 0.2) is 0 Å². The minimum Gasteiger partial charge on any atom is -0.497 e. The molecule has 1 aromatic heterocycles. The van der Waals surface area contributed by atoms with Gasteiger partial charge in [-0.2, -0.15) is 0 Å². The smallest absolute Gasteiger partial charge is 0.119 e. The third-order valence-electron chi connectivity index (χ3n) is 5.03. The van der Waals surface area contributed by atoms with Gasteiger partial charge < -0.3 is 19.7 Å². The number of aromatic nitrogens is 1. The topological polar surface area (TPSA) is 46.4 Å². The van der Waals surface area contributed by atoms with Crippen molar-refractivity contribution in [1.82, 2.24) is 9.88 Å². The molecule has 4 nitrogen and oxygen atoms in total. The standard InChI is InChI=1S/C22H24N2O2/c1-26-20-5-6-21(16(15-20)3-2-12-25)17-4-7-22-18(13-17)14-19-8-9-23-10-11-24(19)22/h2-7,13-15,23,25H,8-12H2,1H3/b3-2-. The molecule has 0 radical (unpaired) electrons. The molecule has 134 valence electrons. The zero-order chi connectivity index (χ0) is 17.9. The zero-order valence-electron chi connectivity index (χ0n) is 15.0. The second-order valence-corrected chi connectivity index (χ2v) is 6.60. The van der Waals surface area contributed by atoms with Crippen LogP contribution in [0.15, 0.2) is 48.5 Å². The average molecular weight is 348 g/mol. The quantitative estimate of drug-likeness (QED) is 0.759. The fourth-order valence-electron chi connectivity index (χ4n) is 3.75. The maximum absolute atomic E-state index is 9.15. The summed E-state index contributed by atoms with van der Waals surface area (Å²) in [6, 6.07) is 15.1. The van der Waals surface area contributed by atoms with Gasteiger partial charge >= 0.3 is 0 Å². The van der Waals surface area contributed by atoms with Crippen LogP contribution in [0.5, 0.6) is 5.75 Å². The van der Waals surface area contributed by atoms with Crippen LogP contribution in [0.2, 0.25) is 0 Å². The van der Waals surface area contributed by atoms with E-state index in [2.05, 4.69) is 40.2 Å². The molecule has 0 aliphatic carbocycles. The summed E-state index contributed by atoms with van der Waals surface area (Å²) in [5, 5.41) is 13.9. The summed E-state index contributed by atoms with van der Waals surface area (Å²) < 4.78 is 7.79. The van der Waals surface area contributed by atoms with E-state index in [-0.39, 0.29) is 6.61 Å². The Labute approximate surface area is 153 Å². The largest absolute Gasteiger partial charge is 0.497 e. The number of nitrogens with zero attached hydrogens (tertiary/aromatic N) is 1. The molecule has 2 aromatic carbocycles. The number of rotatable bonds is 4. The summed E-state index contributed by atoms with van der Waals surface area (Å²) in [4.78, 5) is 0. The van der Waals surface area contributed by atoms with E-state index in [1.165, 1.54) is 22.2 Å². The average Bonchev–Trinajstić information content (AvgIpc) is 2.85. The number of ether oxygens (including phenoxy) is 1. The normalized spacial score (nSPS) is 14.5. The minimum atomic E-state index is 0.0237. The van der Waals surface area contributed by atoms with Crippen LogP contribution in [0.4, 0.5) is 0 Å².